The Morgan fingerprint density at radius 2 is 2.44 bits per heavy atom. The Morgan fingerprint density at radius 1 is 1.61 bits per heavy atom. The molecule has 0 radical (unpaired) electrons. The summed E-state index contributed by atoms with van der Waals surface area (Å²) in [6.07, 6.45) is 5.16. The van der Waals surface area contributed by atoms with Gasteiger partial charge in [-0.15, -0.1) is 0 Å². The maximum absolute atomic E-state index is 12.7. The fourth-order valence-electron chi connectivity index (χ4n) is 2.47. The van der Waals surface area contributed by atoms with Crippen LogP contribution in [0.2, 0.25) is 0 Å². The summed E-state index contributed by atoms with van der Waals surface area (Å²) >= 11 is 0. The van der Waals surface area contributed by atoms with Crippen LogP contribution >= 0.6 is 0 Å². The highest BCUT2D eigenvalue weighted by molar-refractivity contribution is 4.92. The molecule has 18 heavy (non-hydrogen) atoms. The third-order valence-corrected chi connectivity index (χ3v) is 3.34. The van der Waals surface area contributed by atoms with Crippen LogP contribution in [-0.2, 0) is 6.54 Å². The smallest absolute Gasteiger partial charge is 0.316 e. The number of nitrogens with one attached hydrogen (secondary N) is 1. The predicted octanol–water partition coefficient (Wildman–Crippen LogP) is 1.71. The highest BCUT2D eigenvalue weighted by Crippen LogP contribution is 2.15. The first-order valence-electron chi connectivity index (χ1n) is 6.36. The van der Waals surface area contributed by atoms with Gasteiger partial charge in [-0.1, -0.05) is 0 Å². The van der Waals surface area contributed by atoms with Crippen molar-refractivity contribution in [3.05, 3.63) is 18.2 Å². The third-order valence-electron chi connectivity index (χ3n) is 3.34. The number of hydrogen-bond acceptors (Lipinski definition) is 3. The normalized spacial score (nSPS) is 20.8. The molecule has 1 aromatic rings. The lowest BCUT2D eigenvalue weighted by molar-refractivity contribution is 0.0641. The van der Waals surface area contributed by atoms with Crippen LogP contribution in [0.5, 0.6) is 0 Å². The van der Waals surface area contributed by atoms with Gasteiger partial charge in [0.05, 0.1) is 6.54 Å². The lowest BCUT2D eigenvalue weighted by atomic mass is 9.99. The summed E-state index contributed by atoms with van der Waals surface area (Å²) in [5.74, 6) is 1.04. The summed E-state index contributed by atoms with van der Waals surface area (Å²) < 4.78 is 26.3. The Labute approximate surface area is 106 Å². The fourth-order valence-corrected chi connectivity index (χ4v) is 2.47. The number of halogens is 2. The minimum absolute atomic E-state index is 0.427. The van der Waals surface area contributed by atoms with Crippen molar-refractivity contribution < 1.29 is 8.78 Å². The number of rotatable bonds is 5. The molecule has 4 nitrogen and oxygen atoms in total. The molecule has 1 fully saturated rings. The molecule has 1 aliphatic heterocycles. The molecule has 1 saturated heterocycles. The quantitative estimate of drug-likeness (QED) is 0.873. The highest BCUT2D eigenvalue weighted by atomic mass is 19.3. The van der Waals surface area contributed by atoms with Gasteiger partial charge in [-0.05, 0) is 38.9 Å². The van der Waals surface area contributed by atoms with Gasteiger partial charge in [0.25, 0.3) is 0 Å². The number of piperidine rings is 1. The Morgan fingerprint density at radius 3 is 3.11 bits per heavy atom. The molecule has 1 unspecified atom stereocenters. The molecule has 6 heteroatoms. The van der Waals surface area contributed by atoms with E-state index >= 15 is 0 Å². The van der Waals surface area contributed by atoms with Crippen molar-refractivity contribution in [3.8, 4) is 0 Å². The van der Waals surface area contributed by atoms with Crippen molar-refractivity contribution in [2.75, 3.05) is 26.7 Å². The molecule has 1 aromatic heterocycles. The molecule has 0 aromatic carbocycles. The number of nitrogens with zero attached hydrogens (tertiary/aromatic N) is 3. The first-order valence-corrected chi connectivity index (χ1v) is 6.36. The summed E-state index contributed by atoms with van der Waals surface area (Å²) in [4.78, 5) is 6.06. The van der Waals surface area contributed by atoms with Gasteiger partial charge in [0.2, 0.25) is 0 Å². The van der Waals surface area contributed by atoms with E-state index in [-0.39, 0.29) is 0 Å². The van der Waals surface area contributed by atoms with E-state index in [1.807, 2.05) is 7.05 Å². The van der Waals surface area contributed by atoms with Gasteiger partial charge in [-0.25, -0.2) is 4.98 Å². The number of imidazole rings is 1. The average molecular weight is 258 g/mol. The molecular formula is C12H20F2N4. The van der Waals surface area contributed by atoms with Crippen LogP contribution in [-0.4, -0.2) is 41.1 Å². The summed E-state index contributed by atoms with van der Waals surface area (Å²) in [7, 11) is 1.96. The molecular weight excluding hydrogens is 238 g/mol. The average Bonchev–Trinajstić information content (AvgIpc) is 2.78. The zero-order chi connectivity index (χ0) is 13.0. The SMILES string of the molecule is CN(Cc1nccn1C(F)F)CC1CCCNC1. The van der Waals surface area contributed by atoms with E-state index in [2.05, 4.69) is 15.2 Å². The molecule has 0 spiro atoms. The van der Waals surface area contributed by atoms with Crippen LogP contribution in [0.4, 0.5) is 8.78 Å². The van der Waals surface area contributed by atoms with Gasteiger partial charge >= 0.3 is 6.55 Å². The predicted molar refractivity (Wildman–Crippen MR) is 65.4 cm³/mol. The van der Waals surface area contributed by atoms with E-state index in [0.717, 1.165) is 24.2 Å². The van der Waals surface area contributed by atoms with E-state index in [1.165, 1.54) is 25.2 Å². The Balaban J connectivity index is 1.86. The second-order valence-corrected chi connectivity index (χ2v) is 4.94. The van der Waals surface area contributed by atoms with Crippen molar-refractivity contribution in [2.24, 2.45) is 5.92 Å². The zero-order valence-corrected chi connectivity index (χ0v) is 10.6. The fraction of sp³-hybridized carbons (Fsp3) is 0.750. The molecule has 2 heterocycles. The summed E-state index contributed by atoms with van der Waals surface area (Å²) in [6.45, 7) is 0.993. The van der Waals surface area contributed by atoms with Crippen molar-refractivity contribution in [1.82, 2.24) is 19.8 Å². The molecule has 0 amide bonds. The molecule has 0 bridgehead atoms. The first-order chi connectivity index (χ1) is 8.66. The van der Waals surface area contributed by atoms with E-state index in [1.54, 1.807) is 0 Å². The molecule has 0 aliphatic carbocycles. The van der Waals surface area contributed by atoms with Gasteiger partial charge in [-0.3, -0.25) is 9.47 Å². The van der Waals surface area contributed by atoms with Crippen LogP contribution in [0, 0.1) is 5.92 Å². The van der Waals surface area contributed by atoms with Crippen molar-refractivity contribution >= 4 is 0 Å². The largest absolute Gasteiger partial charge is 0.319 e. The Kier molecular flexibility index (Phi) is 4.66. The lowest BCUT2D eigenvalue weighted by Crippen LogP contribution is -2.37. The van der Waals surface area contributed by atoms with Crippen LogP contribution in [0.15, 0.2) is 12.4 Å². The maximum atomic E-state index is 12.7. The second kappa shape index (κ2) is 6.24. The minimum Gasteiger partial charge on any atom is -0.316 e. The van der Waals surface area contributed by atoms with Gasteiger partial charge in [0, 0.05) is 18.9 Å². The van der Waals surface area contributed by atoms with Gasteiger partial charge < -0.3 is 5.32 Å². The van der Waals surface area contributed by atoms with Crippen LogP contribution < -0.4 is 5.32 Å². The minimum atomic E-state index is -2.51. The zero-order valence-electron chi connectivity index (χ0n) is 10.6. The summed E-state index contributed by atoms with van der Waals surface area (Å²) in [6, 6.07) is 0. The van der Waals surface area contributed by atoms with Crippen molar-refractivity contribution in [3.63, 3.8) is 0 Å². The Hall–Kier alpha value is -1.01. The lowest BCUT2D eigenvalue weighted by Gasteiger charge is -2.27. The first kappa shape index (κ1) is 13.4. The van der Waals surface area contributed by atoms with E-state index in [0.29, 0.717) is 18.3 Å². The maximum Gasteiger partial charge on any atom is 0.319 e. The monoisotopic (exact) mass is 258 g/mol. The molecule has 1 N–H and O–H groups in total. The number of alkyl halides is 2. The van der Waals surface area contributed by atoms with Crippen molar-refractivity contribution in [2.45, 2.75) is 25.9 Å². The highest BCUT2D eigenvalue weighted by Gasteiger charge is 2.17. The van der Waals surface area contributed by atoms with E-state index in [4.69, 9.17) is 0 Å². The topological polar surface area (TPSA) is 33.1 Å². The molecule has 0 saturated carbocycles. The van der Waals surface area contributed by atoms with Crippen LogP contribution in [0.25, 0.3) is 0 Å². The van der Waals surface area contributed by atoms with Gasteiger partial charge in [0.1, 0.15) is 5.82 Å². The van der Waals surface area contributed by atoms with Crippen molar-refractivity contribution in [1.29, 1.82) is 0 Å². The second-order valence-electron chi connectivity index (χ2n) is 4.94. The Bertz CT molecular complexity index is 361. The van der Waals surface area contributed by atoms with E-state index < -0.39 is 6.55 Å². The third kappa shape index (κ3) is 3.49. The summed E-state index contributed by atoms with van der Waals surface area (Å²) in [5, 5.41) is 3.36. The van der Waals surface area contributed by atoms with Gasteiger partial charge in [0.15, 0.2) is 0 Å². The molecule has 102 valence electrons. The molecule has 1 atom stereocenters. The van der Waals surface area contributed by atoms with Crippen LogP contribution in [0.3, 0.4) is 0 Å². The van der Waals surface area contributed by atoms with Crippen LogP contribution in [0.1, 0.15) is 25.2 Å². The van der Waals surface area contributed by atoms with Gasteiger partial charge in [-0.2, -0.15) is 8.78 Å². The molecule has 1 aliphatic rings. The van der Waals surface area contributed by atoms with E-state index in [9.17, 15) is 8.78 Å². The number of hydrogen-bond donors (Lipinski definition) is 1. The summed E-state index contributed by atoms with van der Waals surface area (Å²) in [5.41, 5.74) is 0. The molecule has 2 rings (SSSR count). The number of aromatic nitrogens is 2. The standard InChI is InChI=1S/C12H20F2N4/c1-17(8-10-3-2-4-15-7-10)9-11-16-5-6-18(11)12(13)14/h5-6,10,12,15H,2-4,7-9H2,1H3.